The molecule has 0 aliphatic carbocycles. The van der Waals surface area contributed by atoms with Crippen molar-refractivity contribution < 1.29 is 0 Å². The van der Waals surface area contributed by atoms with Gasteiger partial charge in [0, 0.05) is 23.7 Å². The van der Waals surface area contributed by atoms with Crippen molar-refractivity contribution >= 4 is 0 Å². The molecule has 4 heteroatoms. The van der Waals surface area contributed by atoms with Crippen LogP contribution in [-0.2, 0) is 0 Å². The first kappa shape index (κ1) is 35.3. The van der Waals surface area contributed by atoms with Gasteiger partial charge in [0.05, 0.1) is 0 Å². The van der Waals surface area contributed by atoms with E-state index in [1.807, 2.05) is 20.8 Å². The highest BCUT2D eigenvalue weighted by atomic mass is 14.7. The Morgan fingerprint density at radius 3 is 0.857 bits per heavy atom. The fraction of sp³-hybridized carbons (Fsp3) is 1.00. The van der Waals surface area contributed by atoms with Gasteiger partial charge in [0.2, 0.25) is 0 Å². The van der Waals surface area contributed by atoms with Crippen LogP contribution in [0.5, 0.6) is 0 Å². The second-order valence-corrected chi connectivity index (χ2v) is 10.5. The van der Waals surface area contributed by atoms with Crippen LogP contribution in [0.15, 0.2) is 0 Å². The second-order valence-electron chi connectivity index (χ2n) is 10.5. The van der Waals surface area contributed by atoms with Crippen LogP contribution < -0.4 is 22.9 Å². The van der Waals surface area contributed by atoms with Crippen molar-refractivity contribution in [3.05, 3.63) is 0 Å². The maximum absolute atomic E-state index is 5.76. The van der Waals surface area contributed by atoms with Crippen LogP contribution in [0.25, 0.3) is 0 Å². The Labute approximate surface area is 180 Å². The Kier molecular flexibility index (Phi) is 23.7. The molecule has 176 valence electrons. The number of hydrogen-bond donors (Lipinski definition) is 4. The van der Waals surface area contributed by atoms with E-state index in [9.17, 15) is 0 Å². The van der Waals surface area contributed by atoms with Gasteiger partial charge in [-0.3, -0.25) is 0 Å². The summed E-state index contributed by atoms with van der Waals surface area (Å²) >= 11 is 0. The van der Waals surface area contributed by atoms with Crippen molar-refractivity contribution in [3.63, 3.8) is 0 Å². The fourth-order valence-electron chi connectivity index (χ4n) is 1.24. The second kappa shape index (κ2) is 18.8. The molecule has 0 saturated carbocycles. The molecule has 2 unspecified atom stereocenters. The predicted molar refractivity (Wildman–Crippen MR) is 132 cm³/mol. The molecule has 0 heterocycles. The van der Waals surface area contributed by atoms with E-state index in [1.54, 1.807) is 0 Å². The van der Waals surface area contributed by atoms with Crippen molar-refractivity contribution in [2.24, 2.45) is 52.5 Å². The predicted octanol–water partition coefficient (Wildman–Crippen LogP) is 5.37. The minimum Gasteiger partial charge on any atom is -0.328 e. The summed E-state index contributed by atoms with van der Waals surface area (Å²) in [5, 5.41) is 0. The van der Waals surface area contributed by atoms with Gasteiger partial charge < -0.3 is 22.9 Å². The Hall–Kier alpha value is -0.160. The Bertz CT molecular complexity index is 288. The lowest BCUT2D eigenvalue weighted by molar-refractivity contribution is 0.373. The lowest BCUT2D eigenvalue weighted by Gasteiger charge is -2.22. The average Bonchev–Trinajstić information content (AvgIpc) is 2.53. The highest BCUT2D eigenvalue weighted by Gasteiger charge is 2.14. The smallest absolute Gasteiger partial charge is 0.0120 e. The molecule has 0 aromatic carbocycles. The molecule has 0 fully saturated rings. The minimum absolute atomic E-state index is 0. The summed E-state index contributed by atoms with van der Waals surface area (Å²) in [5.74, 6) is 3.09. The molecule has 0 spiro atoms. The molecule has 0 aromatic rings. The van der Waals surface area contributed by atoms with Gasteiger partial charge in [0.15, 0.2) is 0 Å². The van der Waals surface area contributed by atoms with Gasteiger partial charge >= 0.3 is 0 Å². The third-order valence-electron chi connectivity index (χ3n) is 5.41. The number of rotatable bonds is 6. The Morgan fingerprint density at radius 2 is 0.857 bits per heavy atom. The van der Waals surface area contributed by atoms with Crippen molar-refractivity contribution in [1.82, 2.24) is 0 Å². The lowest BCUT2D eigenvalue weighted by atomic mass is 9.92. The molecule has 0 aliphatic heterocycles. The highest BCUT2D eigenvalue weighted by molar-refractivity contribution is 4.74. The van der Waals surface area contributed by atoms with Crippen LogP contribution in [0.1, 0.15) is 103 Å². The van der Waals surface area contributed by atoms with Gasteiger partial charge in [0.25, 0.3) is 0 Å². The first-order valence-electron chi connectivity index (χ1n) is 11.4. The maximum Gasteiger partial charge on any atom is 0.0120 e. The van der Waals surface area contributed by atoms with Crippen LogP contribution in [0.3, 0.4) is 0 Å². The van der Waals surface area contributed by atoms with Gasteiger partial charge in [-0.1, -0.05) is 76.2 Å². The summed E-state index contributed by atoms with van der Waals surface area (Å²) in [6.45, 7) is 29.6. The SMILES string of the molecule is CC(C)C(C)(C)N.CC(C)C(C)N.CC(C)C(N)C(C)C.CCC(N)C(C)C. The summed E-state index contributed by atoms with van der Waals surface area (Å²) in [6, 6.07) is 1.12. The third kappa shape index (κ3) is 28.1. The summed E-state index contributed by atoms with van der Waals surface area (Å²) < 4.78 is 0. The van der Waals surface area contributed by atoms with Crippen molar-refractivity contribution in [3.8, 4) is 0 Å². The van der Waals surface area contributed by atoms with Gasteiger partial charge in [-0.05, 0) is 56.8 Å². The van der Waals surface area contributed by atoms with Crippen LogP contribution in [0, 0.1) is 29.6 Å². The lowest BCUT2D eigenvalue weighted by Crippen LogP contribution is -2.37. The van der Waals surface area contributed by atoms with Crippen LogP contribution in [0.4, 0.5) is 0 Å². The van der Waals surface area contributed by atoms with E-state index in [0.717, 1.165) is 6.42 Å². The molecule has 0 aliphatic rings. The van der Waals surface area contributed by atoms with Crippen molar-refractivity contribution in [1.29, 1.82) is 0 Å². The number of hydrogen-bond acceptors (Lipinski definition) is 4. The Balaban J connectivity index is -0.000000138. The normalized spacial score (nSPS) is 13.7. The molecule has 8 N–H and O–H groups in total. The fourth-order valence-corrected chi connectivity index (χ4v) is 1.24. The topological polar surface area (TPSA) is 104 Å². The summed E-state index contributed by atoms with van der Waals surface area (Å²) in [4.78, 5) is 0. The third-order valence-corrected chi connectivity index (χ3v) is 5.41. The van der Waals surface area contributed by atoms with Crippen LogP contribution in [-0.4, -0.2) is 23.7 Å². The van der Waals surface area contributed by atoms with E-state index < -0.39 is 0 Å². The van der Waals surface area contributed by atoms with E-state index >= 15 is 0 Å². The first-order chi connectivity index (χ1) is 12.3. The monoisotopic (exact) mass is 404 g/mol. The molecule has 0 amide bonds. The quantitative estimate of drug-likeness (QED) is 0.477. The first-order valence-corrected chi connectivity index (χ1v) is 11.4. The molecular formula is C24H60N4. The van der Waals surface area contributed by atoms with Crippen LogP contribution >= 0.6 is 0 Å². The zero-order chi connectivity index (χ0) is 23.8. The highest BCUT2D eigenvalue weighted by Crippen LogP contribution is 2.09. The van der Waals surface area contributed by atoms with Crippen LogP contribution in [0.2, 0.25) is 0 Å². The molecule has 0 rings (SSSR count). The molecular weight excluding hydrogens is 344 g/mol. The molecule has 28 heavy (non-hydrogen) atoms. The minimum atomic E-state index is 0. The van der Waals surface area contributed by atoms with E-state index in [-0.39, 0.29) is 5.54 Å². The number of nitrogens with two attached hydrogens (primary N) is 4. The van der Waals surface area contributed by atoms with Gasteiger partial charge in [-0.25, -0.2) is 0 Å². The summed E-state index contributed by atoms with van der Waals surface area (Å²) in [5.41, 5.74) is 22.5. The maximum atomic E-state index is 5.76. The zero-order valence-electron chi connectivity index (χ0n) is 22.1. The molecule has 2 atom stereocenters. The molecule has 0 radical (unpaired) electrons. The largest absolute Gasteiger partial charge is 0.328 e. The van der Waals surface area contributed by atoms with E-state index in [0.29, 0.717) is 47.7 Å². The molecule has 0 saturated heterocycles. The van der Waals surface area contributed by atoms with E-state index in [1.165, 1.54) is 0 Å². The molecule has 0 bridgehead atoms. The zero-order valence-corrected chi connectivity index (χ0v) is 22.1. The van der Waals surface area contributed by atoms with Gasteiger partial charge in [0.1, 0.15) is 0 Å². The van der Waals surface area contributed by atoms with Crippen molar-refractivity contribution in [2.45, 2.75) is 127 Å². The summed E-state index contributed by atoms with van der Waals surface area (Å²) in [6.07, 6.45) is 1.09. The van der Waals surface area contributed by atoms with Gasteiger partial charge in [-0.2, -0.15) is 0 Å². The standard InChI is InChI=1S/C7H17N.2C6H15N.C5H13N/c1-5(2)7(8)6(3)4;1-5(2)6(3,4)7;1-4-6(7)5(2)3;1-4(2)5(3)6/h5-7H,8H2,1-4H3;5H,7H2,1-4H3;5-6H,4,7H2,1-3H3;4-5H,6H2,1-3H3. The van der Waals surface area contributed by atoms with Crippen molar-refractivity contribution in [2.75, 3.05) is 0 Å². The average molecular weight is 405 g/mol. The molecule has 4 nitrogen and oxygen atoms in total. The van der Waals surface area contributed by atoms with E-state index in [4.69, 9.17) is 22.9 Å². The molecule has 0 aromatic heterocycles. The summed E-state index contributed by atoms with van der Waals surface area (Å²) in [7, 11) is 0. The van der Waals surface area contributed by atoms with E-state index in [2.05, 4.69) is 76.2 Å². The van der Waals surface area contributed by atoms with Gasteiger partial charge in [-0.15, -0.1) is 0 Å². The Morgan fingerprint density at radius 1 is 0.607 bits per heavy atom.